The molecule has 0 unspecified atom stereocenters. The predicted molar refractivity (Wildman–Crippen MR) is 92.7 cm³/mol. The number of carbonyl (C=O) groups excluding carboxylic acids is 2. The molecular weight excluding hydrogens is 330 g/mol. The van der Waals surface area contributed by atoms with E-state index in [1.165, 1.54) is 12.0 Å². The number of nitrogens with two attached hydrogens (primary N) is 1. The van der Waals surface area contributed by atoms with E-state index in [0.717, 1.165) is 4.57 Å². The number of nitrogen functional groups attached to an aromatic ring is 1. The van der Waals surface area contributed by atoms with E-state index in [0.29, 0.717) is 0 Å². The summed E-state index contributed by atoms with van der Waals surface area (Å²) in [5, 5.41) is 2.71. The Hall–Kier alpha value is -2.46. The maximum absolute atomic E-state index is 12.4. The molecule has 0 aliphatic rings. The monoisotopic (exact) mass is 355 g/mol. The number of likely N-dealkylation sites (N-methyl/N-ethyl adjacent to an activating group) is 1. The molecule has 0 bridgehead atoms. The number of nitrogens with zero attached hydrogens (tertiary/aromatic N) is 2. The molecule has 0 aliphatic carbocycles. The van der Waals surface area contributed by atoms with Gasteiger partial charge in [-0.3, -0.25) is 28.8 Å². The fourth-order valence-corrected chi connectivity index (χ4v) is 2.25. The normalized spacial score (nSPS) is 11.1. The van der Waals surface area contributed by atoms with E-state index in [1.807, 2.05) is 13.8 Å². The molecule has 0 aliphatic heterocycles. The van der Waals surface area contributed by atoms with E-state index in [9.17, 15) is 19.2 Å². The lowest BCUT2D eigenvalue weighted by Crippen LogP contribution is -2.42. The van der Waals surface area contributed by atoms with Gasteiger partial charge in [-0.05, 0) is 20.9 Å². The molecule has 10 nitrogen and oxygen atoms in total. The second-order valence-corrected chi connectivity index (χ2v) is 5.98. The molecule has 1 aromatic heterocycles. The lowest BCUT2D eigenvalue weighted by atomic mass is 10.2. The van der Waals surface area contributed by atoms with Gasteiger partial charge in [-0.2, -0.15) is 0 Å². The van der Waals surface area contributed by atoms with Crippen molar-refractivity contribution in [3.8, 4) is 0 Å². The van der Waals surface area contributed by atoms with Gasteiger partial charge in [0.2, 0.25) is 5.91 Å². The van der Waals surface area contributed by atoms with Crippen molar-refractivity contribution < 1.29 is 14.3 Å². The van der Waals surface area contributed by atoms with E-state index in [1.54, 1.807) is 7.05 Å². The van der Waals surface area contributed by atoms with Crippen molar-refractivity contribution >= 4 is 17.5 Å². The highest BCUT2D eigenvalue weighted by atomic mass is 16.5. The number of aromatic nitrogens is 2. The van der Waals surface area contributed by atoms with Gasteiger partial charge in [0, 0.05) is 13.2 Å². The minimum absolute atomic E-state index is 0.00889. The van der Waals surface area contributed by atoms with Crippen molar-refractivity contribution in [3.63, 3.8) is 0 Å². The largest absolute Gasteiger partial charge is 0.384 e. The number of ether oxygens (including phenoxy) is 1. The first-order valence-corrected chi connectivity index (χ1v) is 7.80. The van der Waals surface area contributed by atoms with Gasteiger partial charge in [-0.15, -0.1) is 0 Å². The molecule has 10 heteroatoms. The first-order valence-electron chi connectivity index (χ1n) is 7.80. The first kappa shape index (κ1) is 20.6. The van der Waals surface area contributed by atoms with Crippen LogP contribution in [0.15, 0.2) is 9.59 Å². The minimum Gasteiger partial charge on any atom is -0.384 e. The molecule has 0 atom stereocenters. The molecule has 0 saturated carbocycles. The molecule has 1 rings (SSSR count). The summed E-state index contributed by atoms with van der Waals surface area (Å²) < 4.78 is 5.95. The maximum atomic E-state index is 12.4. The third-order valence-electron chi connectivity index (χ3n) is 3.31. The summed E-state index contributed by atoms with van der Waals surface area (Å²) in [7, 11) is 3.03. The third-order valence-corrected chi connectivity index (χ3v) is 3.31. The lowest BCUT2D eigenvalue weighted by Gasteiger charge is -2.17. The van der Waals surface area contributed by atoms with Crippen LogP contribution in [0, 0.1) is 0 Å². The average Bonchev–Trinajstić information content (AvgIpc) is 2.45. The summed E-state index contributed by atoms with van der Waals surface area (Å²) in [6.07, 6.45) is 0. The third kappa shape index (κ3) is 5.84. The van der Waals surface area contributed by atoms with Crippen LogP contribution in [0.2, 0.25) is 0 Å². The number of aromatic amines is 1. The van der Waals surface area contributed by atoms with E-state index in [-0.39, 0.29) is 49.6 Å². The van der Waals surface area contributed by atoms with Crippen molar-refractivity contribution in [1.82, 2.24) is 19.8 Å². The molecular formula is C15H25N5O5. The predicted octanol–water partition coefficient (Wildman–Crippen LogP) is -1.60. The van der Waals surface area contributed by atoms with E-state index in [2.05, 4.69) is 10.3 Å². The summed E-state index contributed by atoms with van der Waals surface area (Å²) in [5.41, 5.74) is 3.99. The number of amides is 1. The number of H-pyrrole nitrogens is 1. The molecule has 0 radical (unpaired) electrons. The van der Waals surface area contributed by atoms with Crippen molar-refractivity contribution in [2.75, 3.05) is 39.6 Å². The Labute approximate surface area is 145 Å². The summed E-state index contributed by atoms with van der Waals surface area (Å²) in [4.78, 5) is 51.5. The summed E-state index contributed by atoms with van der Waals surface area (Å²) in [6.45, 7) is 3.75. The molecule has 0 spiro atoms. The van der Waals surface area contributed by atoms with Crippen LogP contribution >= 0.6 is 0 Å². The zero-order chi connectivity index (χ0) is 19.1. The van der Waals surface area contributed by atoms with Crippen molar-refractivity contribution in [1.29, 1.82) is 0 Å². The number of nitrogens with one attached hydrogen (secondary N) is 2. The van der Waals surface area contributed by atoms with Crippen molar-refractivity contribution in [2.45, 2.75) is 26.4 Å². The van der Waals surface area contributed by atoms with Gasteiger partial charge in [-0.1, -0.05) is 0 Å². The molecule has 0 aromatic carbocycles. The number of carbonyl (C=O) groups is 2. The van der Waals surface area contributed by atoms with Crippen LogP contribution in [0.4, 0.5) is 5.82 Å². The van der Waals surface area contributed by atoms with Crippen LogP contribution in [0.25, 0.3) is 0 Å². The highest BCUT2D eigenvalue weighted by Crippen LogP contribution is 2.06. The maximum Gasteiger partial charge on any atom is 0.330 e. The van der Waals surface area contributed by atoms with Crippen LogP contribution in [0.1, 0.15) is 24.2 Å². The number of ketones is 1. The van der Waals surface area contributed by atoms with E-state index >= 15 is 0 Å². The average molecular weight is 355 g/mol. The number of hydrogen-bond acceptors (Lipinski definition) is 7. The van der Waals surface area contributed by atoms with Crippen LogP contribution in [0.5, 0.6) is 0 Å². The topological polar surface area (TPSA) is 140 Å². The van der Waals surface area contributed by atoms with Gasteiger partial charge in [0.15, 0.2) is 5.78 Å². The Morgan fingerprint density at radius 2 is 1.96 bits per heavy atom. The molecule has 0 saturated heterocycles. The second kappa shape index (κ2) is 9.14. The number of methoxy groups -OCH3 is 1. The molecule has 140 valence electrons. The van der Waals surface area contributed by atoms with E-state index in [4.69, 9.17) is 10.5 Å². The van der Waals surface area contributed by atoms with Crippen molar-refractivity contribution in [2.24, 2.45) is 0 Å². The molecule has 25 heavy (non-hydrogen) atoms. The Morgan fingerprint density at radius 3 is 2.52 bits per heavy atom. The fraction of sp³-hybridized carbons (Fsp3) is 0.600. The highest BCUT2D eigenvalue weighted by Gasteiger charge is 2.21. The quantitative estimate of drug-likeness (QED) is 0.453. The van der Waals surface area contributed by atoms with Gasteiger partial charge in [-0.25, -0.2) is 4.79 Å². The highest BCUT2D eigenvalue weighted by molar-refractivity contribution is 6.01. The summed E-state index contributed by atoms with van der Waals surface area (Å²) >= 11 is 0. The zero-order valence-corrected chi connectivity index (χ0v) is 14.9. The smallest absolute Gasteiger partial charge is 0.330 e. The molecule has 4 N–H and O–H groups in total. The van der Waals surface area contributed by atoms with Gasteiger partial charge in [0.25, 0.3) is 5.56 Å². The lowest BCUT2D eigenvalue weighted by molar-refractivity contribution is -0.122. The molecule has 1 amide bonds. The zero-order valence-electron chi connectivity index (χ0n) is 14.9. The molecule has 1 aromatic rings. The van der Waals surface area contributed by atoms with Gasteiger partial charge < -0.3 is 15.8 Å². The molecule has 1 heterocycles. The summed E-state index contributed by atoms with van der Waals surface area (Å²) in [6, 6.07) is -0.0144. The van der Waals surface area contributed by atoms with Gasteiger partial charge in [0.1, 0.15) is 11.4 Å². The van der Waals surface area contributed by atoms with Crippen LogP contribution in [-0.2, 0) is 16.1 Å². The Kier molecular flexibility index (Phi) is 7.52. The van der Waals surface area contributed by atoms with Crippen LogP contribution in [-0.4, -0.2) is 66.0 Å². The van der Waals surface area contributed by atoms with Gasteiger partial charge in [0.05, 0.1) is 26.2 Å². The summed E-state index contributed by atoms with van der Waals surface area (Å²) in [5.74, 6) is -1.03. The van der Waals surface area contributed by atoms with Crippen molar-refractivity contribution in [3.05, 3.63) is 26.4 Å². The fourth-order valence-electron chi connectivity index (χ4n) is 2.25. The Bertz CT molecular complexity index is 737. The standard InChI is InChI=1S/C15H25N5O5/c1-9(2)17-11(22)8-19(3)7-10(21)12-13(16)20(5-6-25-4)15(24)18-14(12)23/h9H,5-8,16H2,1-4H3,(H,17,22)(H,18,23,24). The Balaban J connectivity index is 2.96. The number of anilines is 1. The van der Waals surface area contributed by atoms with Crippen LogP contribution in [0.3, 0.4) is 0 Å². The first-order chi connectivity index (χ1) is 11.7. The number of hydrogen-bond donors (Lipinski definition) is 3. The van der Waals surface area contributed by atoms with Crippen LogP contribution < -0.4 is 22.3 Å². The minimum atomic E-state index is -0.846. The number of Topliss-reactive ketones (excluding diaryl/α,β-unsaturated/α-hetero) is 1. The molecule has 0 fully saturated rings. The Morgan fingerprint density at radius 1 is 1.32 bits per heavy atom. The number of rotatable bonds is 9. The second-order valence-electron chi connectivity index (χ2n) is 5.98. The SMILES string of the molecule is COCCn1c(N)c(C(=O)CN(C)CC(=O)NC(C)C)c(=O)[nH]c1=O. The van der Waals surface area contributed by atoms with E-state index < -0.39 is 17.0 Å². The van der Waals surface area contributed by atoms with Gasteiger partial charge >= 0.3 is 5.69 Å².